The zero-order valence-electron chi connectivity index (χ0n) is 9.58. The number of anilines is 2. The third-order valence-corrected chi connectivity index (χ3v) is 3.34. The second-order valence-electron chi connectivity index (χ2n) is 3.44. The summed E-state index contributed by atoms with van der Waals surface area (Å²) in [4.78, 5) is 4.16. The minimum absolute atomic E-state index is 0.711. The Morgan fingerprint density at radius 2 is 2.33 bits per heavy atom. The molecule has 15 heavy (non-hydrogen) atoms. The summed E-state index contributed by atoms with van der Waals surface area (Å²) in [5, 5.41) is 7.12. The van der Waals surface area contributed by atoms with Gasteiger partial charge in [0.1, 0.15) is 5.82 Å². The van der Waals surface area contributed by atoms with Crippen LogP contribution in [0.4, 0.5) is 11.5 Å². The molecule has 0 spiro atoms. The SMILES string of the molecule is CNc1cc(NCCC(C)SC)ccn1. The topological polar surface area (TPSA) is 37.0 Å². The van der Waals surface area contributed by atoms with E-state index in [0.29, 0.717) is 5.25 Å². The molecule has 0 aromatic carbocycles. The number of aromatic nitrogens is 1. The zero-order valence-corrected chi connectivity index (χ0v) is 10.4. The van der Waals surface area contributed by atoms with E-state index in [2.05, 4.69) is 28.8 Å². The third kappa shape index (κ3) is 4.42. The van der Waals surface area contributed by atoms with E-state index in [1.807, 2.05) is 37.1 Å². The molecule has 1 aromatic rings. The fourth-order valence-electron chi connectivity index (χ4n) is 1.21. The average molecular weight is 225 g/mol. The van der Waals surface area contributed by atoms with Crippen LogP contribution < -0.4 is 10.6 Å². The molecule has 0 aliphatic heterocycles. The van der Waals surface area contributed by atoms with Crippen molar-refractivity contribution in [2.24, 2.45) is 0 Å². The van der Waals surface area contributed by atoms with Gasteiger partial charge in [0.05, 0.1) is 0 Å². The first-order chi connectivity index (χ1) is 7.26. The highest BCUT2D eigenvalue weighted by molar-refractivity contribution is 7.99. The molecule has 2 N–H and O–H groups in total. The molecule has 84 valence electrons. The van der Waals surface area contributed by atoms with Gasteiger partial charge in [0, 0.05) is 36.8 Å². The van der Waals surface area contributed by atoms with Gasteiger partial charge in [-0.05, 0) is 18.7 Å². The van der Waals surface area contributed by atoms with E-state index in [9.17, 15) is 0 Å². The van der Waals surface area contributed by atoms with Crippen LogP contribution in [0.3, 0.4) is 0 Å². The van der Waals surface area contributed by atoms with Crippen LogP contribution in [-0.4, -0.2) is 30.1 Å². The number of thioether (sulfide) groups is 1. The predicted octanol–water partition coefficient (Wildman–Crippen LogP) is 2.68. The van der Waals surface area contributed by atoms with Crippen molar-refractivity contribution in [2.75, 3.05) is 30.5 Å². The summed E-state index contributed by atoms with van der Waals surface area (Å²) in [6.45, 7) is 3.26. The fourth-order valence-corrected chi connectivity index (χ4v) is 1.57. The van der Waals surface area contributed by atoms with Crippen molar-refractivity contribution in [1.82, 2.24) is 4.98 Å². The average Bonchev–Trinajstić information content (AvgIpc) is 2.29. The summed E-state index contributed by atoms with van der Waals surface area (Å²) in [6, 6.07) is 4.01. The Kier molecular flexibility index (Phi) is 5.32. The molecule has 0 saturated heterocycles. The van der Waals surface area contributed by atoms with E-state index in [0.717, 1.165) is 18.1 Å². The highest BCUT2D eigenvalue weighted by atomic mass is 32.2. The minimum Gasteiger partial charge on any atom is -0.385 e. The van der Waals surface area contributed by atoms with Crippen molar-refractivity contribution in [3.8, 4) is 0 Å². The smallest absolute Gasteiger partial charge is 0.127 e. The van der Waals surface area contributed by atoms with E-state index >= 15 is 0 Å². The summed E-state index contributed by atoms with van der Waals surface area (Å²) in [5.41, 5.74) is 1.13. The van der Waals surface area contributed by atoms with E-state index in [1.54, 1.807) is 0 Å². The molecule has 0 radical (unpaired) electrons. The summed E-state index contributed by atoms with van der Waals surface area (Å²) < 4.78 is 0. The first-order valence-corrected chi connectivity index (χ1v) is 6.45. The maximum absolute atomic E-state index is 4.16. The molecule has 0 bridgehead atoms. The molecule has 0 amide bonds. The van der Waals surface area contributed by atoms with Gasteiger partial charge in [-0.1, -0.05) is 6.92 Å². The van der Waals surface area contributed by atoms with Gasteiger partial charge in [0.25, 0.3) is 0 Å². The standard InChI is InChI=1S/C11H19N3S/c1-9(15-3)4-6-13-10-5-7-14-11(8-10)12-2/h5,7-9H,4,6H2,1-3H3,(H2,12,13,14). The van der Waals surface area contributed by atoms with Crippen molar-refractivity contribution in [1.29, 1.82) is 0 Å². The predicted molar refractivity (Wildman–Crippen MR) is 69.9 cm³/mol. The van der Waals surface area contributed by atoms with Crippen molar-refractivity contribution in [3.63, 3.8) is 0 Å². The summed E-state index contributed by atoms with van der Waals surface area (Å²) in [5.74, 6) is 0.901. The Bertz CT molecular complexity index is 291. The van der Waals surface area contributed by atoms with E-state index in [-0.39, 0.29) is 0 Å². The number of hydrogen-bond donors (Lipinski definition) is 2. The molecular weight excluding hydrogens is 206 g/mol. The molecule has 0 saturated carbocycles. The molecule has 0 aliphatic rings. The number of nitrogens with zero attached hydrogens (tertiary/aromatic N) is 1. The normalized spacial score (nSPS) is 12.2. The summed E-state index contributed by atoms with van der Waals surface area (Å²) in [6.07, 6.45) is 5.14. The summed E-state index contributed by atoms with van der Waals surface area (Å²) in [7, 11) is 1.88. The number of rotatable bonds is 6. The Balaban J connectivity index is 2.37. The third-order valence-electron chi connectivity index (χ3n) is 2.30. The Morgan fingerprint density at radius 3 is 3.00 bits per heavy atom. The van der Waals surface area contributed by atoms with Crippen LogP contribution >= 0.6 is 11.8 Å². The first-order valence-electron chi connectivity index (χ1n) is 5.16. The number of pyridine rings is 1. The van der Waals surface area contributed by atoms with Gasteiger partial charge in [0.2, 0.25) is 0 Å². The molecule has 0 aliphatic carbocycles. The fraction of sp³-hybridized carbons (Fsp3) is 0.545. The van der Waals surface area contributed by atoms with Gasteiger partial charge in [0.15, 0.2) is 0 Å². The molecule has 1 unspecified atom stereocenters. The first kappa shape index (κ1) is 12.2. The van der Waals surface area contributed by atoms with Crippen LogP contribution in [0, 0.1) is 0 Å². The lowest BCUT2D eigenvalue weighted by atomic mass is 10.3. The monoisotopic (exact) mass is 225 g/mol. The second-order valence-corrected chi connectivity index (χ2v) is 4.72. The zero-order chi connectivity index (χ0) is 11.1. The van der Waals surface area contributed by atoms with Gasteiger partial charge in [-0.25, -0.2) is 4.98 Å². The van der Waals surface area contributed by atoms with Gasteiger partial charge in [-0.3, -0.25) is 0 Å². The lowest BCUT2D eigenvalue weighted by molar-refractivity contribution is 0.853. The molecule has 1 heterocycles. The van der Waals surface area contributed by atoms with Gasteiger partial charge >= 0.3 is 0 Å². The molecule has 1 aromatic heterocycles. The van der Waals surface area contributed by atoms with E-state index in [1.165, 1.54) is 6.42 Å². The van der Waals surface area contributed by atoms with Crippen LogP contribution in [-0.2, 0) is 0 Å². The molecule has 4 heteroatoms. The minimum atomic E-state index is 0.711. The molecular formula is C11H19N3S. The lowest BCUT2D eigenvalue weighted by Gasteiger charge is -2.10. The van der Waals surface area contributed by atoms with Crippen molar-refractivity contribution >= 4 is 23.3 Å². The van der Waals surface area contributed by atoms with Crippen LogP contribution in [0.5, 0.6) is 0 Å². The Hall–Kier alpha value is -0.900. The highest BCUT2D eigenvalue weighted by Crippen LogP contribution is 2.13. The maximum atomic E-state index is 4.16. The molecule has 1 rings (SSSR count). The number of nitrogens with one attached hydrogen (secondary N) is 2. The van der Waals surface area contributed by atoms with Gasteiger partial charge in [-0.15, -0.1) is 0 Å². The van der Waals surface area contributed by atoms with Crippen LogP contribution in [0.25, 0.3) is 0 Å². The highest BCUT2D eigenvalue weighted by Gasteiger charge is 1.99. The molecule has 3 nitrogen and oxygen atoms in total. The second kappa shape index (κ2) is 6.56. The lowest BCUT2D eigenvalue weighted by Crippen LogP contribution is -2.08. The van der Waals surface area contributed by atoms with Crippen LogP contribution in [0.2, 0.25) is 0 Å². The maximum Gasteiger partial charge on any atom is 0.127 e. The largest absolute Gasteiger partial charge is 0.385 e. The van der Waals surface area contributed by atoms with Crippen molar-refractivity contribution in [2.45, 2.75) is 18.6 Å². The molecule has 1 atom stereocenters. The van der Waals surface area contributed by atoms with Crippen molar-refractivity contribution in [3.05, 3.63) is 18.3 Å². The van der Waals surface area contributed by atoms with Gasteiger partial charge < -0.3 is 10.6 Å². The Morgan fingerprint density at radius 1 is 1.53 bits per heavy atom. The Labute approximate surface area is 96.1 Å². The summed E-state index contributed by atoms with van der Waals surface area (Å²) >= 11 is 1.90. The van der Waals surface area contributed by atoms with Gasteiger partial charge in [-0.2, -0.15) is 11.8 Å². The van der Waals surface area contributed by atoms with E-state index < -0.39 is 0 Å². The quantitative estimate of drug-likeness (QED) is 0.780. The van der Waals surface area contributed by atoms with Crippen LogP contribution in [0.15, 0.2) is 18.3 Å². The number of hydrogen-bond acceptors (Lipinski definition) is 4. The van der Waals surface area contributed by atoms with E-state index in [4.69, 9.17) is 0 Å². The molecule has 0 fully saturated rings. The van der Waals surface area contributed by atoms with Crippen molar-refractivity contribution < 1.29 is 0 Å². The van der Waals surface area contributed by atoms with Crippen LogP contribution in [0.1, 0.15) is 13.3 Å².